The number of aliphatic hydroxyl groups excluding tert-OH is 2. The number of nitrogens with one attached hydrogen (secondary N) is 1. The number of fused-ring (bicyclic) bond motifs is 5. The molecule has 4 aliphatic rings. The molecule has 8 heteroatoms. The van der Waals surface area contributed by atoms with Crippen LogP contribution in [0, 0.1) is 46.3 Å². The molecule has 1 amide bonds. The van der Waals surface area contributed by atoms with Crippen molar-refractivity contribution >= 4 is 27.1 Å². The minimum Gasteiger partial charge on any atom is -0.399 e. The molecule has 10 atom stereocenters. The summed E-state index contributed by atoms with van der Waals surface area (Å²) in [4.78, 5) is 13.3. The van der Waals surface area contributed by atoms with E-state index in [0.29, 0.717) is 53.3 Å². The maximum absolute atomic E-state index is 13.0. The van der Waals surface area contributed by atoms with E-state index >= 15 is 0 Å². The molecule has 0 radical (unpaired) electrons. The van der Waals surface area contributed by atoms with Crippen molar-refractivity contribution in [2.45, 2.75) is 107 Å². The Labute approximate surface area is 262 Å². The van der Waals surface area contributed by atoms with E-state index in [0.717, 1.165) is 44.9 Å². The number of rotatable bonds is 7. The van der Waals surface area contributed by atoms with Crippen LogP contribution < -0.4 is 11.1 Å². The summed E-state index contributed by atoms with van der Waals surface area (Å²) in [5.41, 5.74) is 6.86. The number of aliphatic hydroxyl groups is 2. The number of anilines is 2. The third-order valence-electron chi connectivity index (χ3n) is 13.0. The maximum Gasteiger partial charge on any atom is 0.224 e. The fourth-order valence-corrected chi connectivity index (χ4v) is 11.7. The molecule has 2 aromatic rings. The molecule has 240 valence electrons. The quantitative estimate of drug-likeness (QED) is 0.263. The molecule has 4 saturated carbocycles. The third-order valence-corrected chi connectivity index (χ3v) is 14.8. The Morgan fingerprint density at radius 3 is 2.27 bits per heavy atom. The Balaban J connectivity index is 1.06. The van der Waals surface area contributed by atoms with Gasteiger partial charge in [0.2, 0.25) is 15.7 Å². The highest BCUT2D eigenvalue weighted by Gasteiger charge is 2.63. The topological polar surface area (TPSA) is 130 Å². The first-order valence-corrected chi connectivity index (χ1v) is 18.2. The molecular weight excluding hydrogens is 572 g/mol. The summed E-state index contributed by atoms with van der Waals surface area (Å²) in [5, 5.41) is 25.1. The lowest BCUT2D eigenvalue weighted by atomic mass is 9.43. The van der Waals surface area contributed by atoms with Gasteiger partial charge in [-0.1, -0.05) is 20.8 Å². The number of hydrogen-bond acceptors (Lipinski definition) is 6. The molecule has 0 bridgehead atoms. The van der Waals surface area contributed by atoms with E-state index in [2.05, 4.69) is 26.1 Å². The highest BCUT2D eigenvalue weighted by atomic mass is 32.2. The van der Waals surface area contributed by atoms with Crippen LogP contribution in [0.15, 0.2) is 58.3 Å². The number of carbonyl (C=O) groups is 1. The zero-order chi connectivity index (χ0) is 31.4. The van der Waals surface area contributed by atoms with Crippen LogP contribution in [-0.2, 0) is 14.6 Å². The van der Waals surface area contributed by atoms with Crippen molar-refractivity contribution in [2.75, 3.05) is 11.1 Å². The van der Waals surface area contributed by atoms with Crippen molar-refractivity contribution in [3.8, 4) is 0 Å². The molecule has 44 heavy (non-hydrogen) atoms. The van der Waals surface area contributed by atoms with Gasteiger partial charge in [-0.2, -0.15) is 0 Å². The van der Waals surface area contributed by atoms with Crippen molar-refractivity contribution in [1.82, 2.24) is 0 Å². The van der Waals surface area contributed by atoms with Gasteiger partial charge in [0.25, 0.3) is 0 Å². The van der Waals surface area contributed by atoms with Crippen molar-refractivity contribution in [3.05, 3.63) is 48.5 Å². The largest absolute Gasteiger partial charge is 0.399 e. The van der Waals surface area contributed by atoms with E-state index in [1.54, 1.807) is 24.3 Å². The predicted octanol–water partition coefficient (Wildman–Crippen LogP) is 6.45. The van der Waals surface area contributed by atoms with Crippen LogP contribution in [0.1, 0.15) is 85.0 Å². The summed E-state index contributed by atoms with van der Waals surface area (Å²) in [7, 11) is -3.67. The number of nitrogen functional groups attached to an aromatic ring is 1. The van der Waals surface area contributed by atoms with Gasteiger partial charge < -0.3 is 21.3 Å². The number of nitrogens with two attached hydrogens (primary N) is 1. The Bertz CT molecular complexity index is 1460. The van der Waals surface area contributed by atoms with Gasteiger partial charge in [0.05, 0.1) is 22.0 Å². The lowest BCUT2D eigenvalue weighted by Crippen LogP contribution is -2.58. The van der Waals surface area contributed by atoms with Crippen molar-refractivity contribution < 1.29 is 23.4 Å². The second-order valence-electron chi connectivity index (χ2n) is 15.0. The van der Waals surface area contributed by atoms with Crippen LogP contribution in [0.5, 0.6) is 0 Å². The highest BCUT2D eigenvalue weighted by molar-refractivity contribution is 7.91. The van der Waals surface area contributed by atoms with E-state index in [1.807, 2.05) is 0 Å². The van der Waals surface area contributed by atoms with Gasteiger partial charge in [0.1, 0.15) is 0 Å². The van der Waals surface area contributed by atoms with Gasteiger partial charge in [-0.25, -0.2) is 8.42 Å². The molecule has 0 aromatic heterocycles. The minimum atomic E-state index is -3.67. The highest BCUT2D eigenvalue weighted by Crippen LogP contribution is 2.68. The predicted molar refractivity (Wildman–Crippen MR) is 172 cm³/mol. The van der Waals surface area contributed by atoms with Gasteiger partial charge in [0.15, 0.2) is 0 Å². The molecule has 4 aliphatic carbocycles. The number of sulfone groups is 1. The smallest absolute Gasteiger partial charge is 0.224 e. The fraction of sp³-hybridized carbons (Fsp3) is 0.639. The lowest BCUT2D eigenvalue weighted by molar-refractivity contribution is -0.174. The number of hydrogen-bond donors (Lipinski definition) is 4. The van der Waals surface area contributed by atoms with Crippen LogP contribution >= 0.6 is 0 Å². The summed E-state index contributed by atoms with van der Waals surface area (Å²) >= 11 is 0. The zero-order valence-corrected chi connectivity index (χ0v) is 27.2. The summed E-state index contributed by atoms with van der Waals surface area (Å²) in [6, 6.07) is 12.4. The second kappa shape index (κ2) is 11.7. The summed E-state index contributed by atoms with van der Waals surface area (Å²) in [5.74, 6) is 2.88. The second-order valence-corrected chi connectivity index (χ2v) is 17.0. The van der Waals surface area contributed by atoms with Gasteiger partial charge in [-0.15, -0.1) is 0 Å². The molecule has 7 unspecified atom stereocenters. The SMILES string of the molecule is C[C@H](CCC(=O)Nc1ccc(S(=O)(=O)c2ccc(N)cc2)cc1)C1CCC2C3CCC4C[C@H](O)CCC4(C)C3C[C@H](O)C21C. The van der Waals surface area contributed by atoms with Crippen LogP contribution in [0.3, 0.4) is 0 Å². The number of benzene rings is 2. The van der Waals surface area contributed by atoms with Crippen LogP contribution in [-0.4, -0.2) is 36.7 Å². The molecule has 2 aromatic carbocycles. The number of carbonyl (C=O) groups excluding carboxylic acids is 1. The first-order valence-electron chi connectivity index (χ1n) is 16.7. The van der Waals surface area contributed by atoms with E-state index < -0.39 is 9.84 Å². The van der Waals surface area contributed by atoms with Crippen molar-refractivity contribution in [2.24, 2.45) is 46.3 Å². The molecular formula is C36H50N2O5S. The first-order chi connectivity index (χ1) is 20.8. The van der Waals surface area contributed by atoms with Crippen molar-refractivity contribution in [1.29, 1.82) is 0 Å². The average molecular weight is 623 g/mol. The van der Waals surface area contributed by atoms with Gasteiger partial charge >= 0.3 is 0 Å². The summed E-state index contributed by atoms with van der Waals surface area (Å²) < 4.78 is 25.9. The minimum absolute atomic E-state index is 0.0827. The molecule has 7 nitrogen and oxygen atoms in total. The lowest BCUT2D eigenvalue weighted by Gasteiger charge is -2.62. The van der Waals surface area contributed by atoms with E-state index in [-0.39, 0.29) is 38.7 Å². The summed E-state index contributed by atoms with van der Waals surface area (Å²) in [6.45, 7) is 7.05. The molecule has 6 rings (SSSR count). The molecule has 0 aliphatic heterocycles. The Hall–Kier alpha value is -2.42. The zero-order valence-electron chi connectivity index (χ0n) is 26.4. The Kier molecular flexibility index (Phi) is 8.42. The van der Waals surface area contributed by atoms with Crippen LogP contribution in [0.2, 0.25) is 0 Å². The Morgan fingerprint density at radius 2 is 1.59 bits per heavy atom. The van der Waals surface area contributed by atoms with E-state index in [1.165, 1.54) is 37.1 Å². The van der Waals surface area contributed by atoms with Gasteiger partial charge in [0, 0.05) is 17.8 Å². The maximum atomic E-state index is 13.0. The van der Waals surface area contributed by atoms with E-state index in [9.17, 15) is 23.4 Å². The third kappa shape index (κ3) is 5.39. The molecule has 0 saturated heterocycles. The number of amides is 1. The van der Waals surface area contributed by atoms with Gasteiger partial charge in [-0.05, 0) is 153 Å². The molecule has 5 N–H and O–H groups in total. The van der Waals surface area contributed by atoms with Gasteiger partial charge in [-0.3, -0.25) is 4.79 Å². The molecule has 4 fully saturated rings. The van der Waals surface area contributed by atoms with Crippen molar-refractivity contribution in [3.63, 3.8) is 0 Å². The molecule has 0 heterocycles. The standard InChI is InChI=1S/C36H50N2O5S/c1-22(4-17-34(41)38-25-8-12-28(13-9-25)44(42,43)27-10-6-24(37)7-11-27)30-15-16-31-29-14-5-23-20-26(39)18-19-35(23,2)32(29)21-33(40)36(30,31)3/h6-13,22-23,26,29-33,39-40H,4-5,14-21,37H2,1-3H3,(H,38,41)/t22-,23?,26-,29?,30?,31?,32?,33+,35?,36?/m1/s1. The first kappa shape index (κ1) is 31.6. The average Bonchev–Trinajstić information content (AvgIpc) is 3.36. The fourth-order valence-electron chi connectivity index (χ4n) is 10.4. The van der Waals surface area contributed by atoms with E-state index in [4.69, 9.17) is 5.73 Å². The normalized spacial score (nSPS) is 37.3. The van der Waals surface area contributed by atoms with Crippen LogP contribution in [0.25, 0.3) is 0 Å². The molecule has 0 spiro atoms. The monoisotopic (exact) mass is 622 g/mol. The van der Waals surface area contributed by atoms with Crippen LogP contribution in [0.4, 0.5) is 11.4 Å². The Morgan fingerprint density at radius 1 is 0.932 bits per heavy atom. The summed E-state index contributed by atoms with van der Waals surface area (Å²) in [6.07, 6.45) is 9.08.